The summed E-state index contributed by atoms with van der Waals surface area (Å²) in [6.07, 6.45) is 1.72. The molecule has 4 aromatic heterocycles. The fourth-order valence-corrected chi connectivity index (χ4v) is 3.54. The highest BCUT2D eigenvalue weighted by molar-refractivity contribution is 7.15. The predicted molar refractivity (Wildman–Crippen MR) is 96.0 cm³/mol. The molecule has 0 saturated heterocycles. The molecule has 0 radical (unpaired) electrons. The molecule has 0 unspecified atom stereocenters. The minimum absolute atomic E-state index is 0.167. The summed E-state index contributed by atoms with van der Waals surface area (Å²) in [6.45, 7) is 2.95. The number of aromatic nitrogens is 3. The third-order valence-electron chi connectivity index (χ3n) is 2.96. The third kappa shape index (κ3) is 3.83. The smallest absolute Gasteiger partial charge is 0.300 e. The van der Waals surface area contributed by atoms with Gasteiger partial charge in [0.15, 0.2) is 5.82 Å². The van der Waals surface area contributed by atoms with Crippen LogP contribution in [-0.2, 0) is 4.79 Å². The number of furan rings is 1. The largest absolute Gasteiger partial charge is 0.481 e. The molecule has 0 aliphatic heterocycles. The summed E-state index contributed by atoms with van der Waals surface area (Å²) in [7, 11) is 0. The molecule has 0 atom stereocenters. The second kappa shape index (κ2) is 6.99. The van der Waals surface area contributed by atoms with Crippen molar-refractivity contribution >= 4 is 39.7 Å². The molecule has 0 spiro atoms. The number of carboxylic acids is 1. The summed E-state index contributed by atoms with van der Waals surface area (Å²) < 4.78 is 7.38. The second-order valence-corrected chi connectivity index (χ2v) is 6.95. The Morgan fingerprint density at radius 3 is 2.68 bits per heavy atom. The molecule has 9 heteroatoms. The van der Waals surface area contributed by atoms with E-state index in [-0.39, 0.29) is 5.56 Å². The number of fused-ring (bicyclic) bond motifs is 1. The van der Waals surface area contributed by atoms with Crippen LogP contribution in [0.2, 0.25) is 0 Å². The molecular formula is C16H13N3O4S2. The van der Waals surface area contributed by atoms with Crippen LogP contribution in [-0.4, -0.2) is 25.7 Å². The summed E-state index contributed by atoms with van der Waals surface area (Å²) >= 11 is 2.86. The van der Waals surface area contributed by atoms with Gasteiger partial charge in [-0.25, -0.2) is 0 Å². The van der Waals surface area contributed by atoms with Gasteiger partial charge < -0.3 is 9.52 Å². The number of thiophene rings is 1. The number of carboxylic acid groups (broad SMARTS) is 1. The van der Waals surface area contributed by atoms with Gasteiger partial charge in [-0.2, -0.15) is 9.50 Å². The summed E-state index contributed by atoms with van der Waals surface area (Å²) in [5.74, 6) is 1.23. The Kier molecular flexibility index (Phi) is 4.77. The monoisotopic (exact) mass is 375 g/mol. The Bertz CT molecular complexity index is 1120. The minimum atomic E-state index is -0.833. The summed E-state index contributed by atoms with van der Waals surface area (Å²) in [4.78, 5) is 27.3. The van der Waals surface area contributed by atoms with Gasteiger partial charge in [0.1, 0.15) is 16.1 Å². The Hall–Kier alpha value is -2.78. The van der Waals surface area contributed by atoms with Crippen LogP contribution in [0.3, 0.4) is 0 Å². The van der Waals surface area contributed by atoms with Gasteiger partial charge >= 0.3 is 0 Å². The van der Waals surface area contributed by atoms with Crippen molar-refractivity contribution in [2.24, 2.45) is 0 Å². The first-order valence-corrected chi connectivity index (χ1v) is 8.85. The average Bonchev–Trinajstić information content (AvgIpc) is 3.27. The van der Waals surface area contributed by atoms with Crippen molar-refractivity contribution in [3.63, 3.8) is 0 Å². The van der Waals surface area contributed by atoms with E-state index in [1.165, 1.54) is 15.9 Å². The molecule has 0 aromatic carbocycles. The van der Waals surface area contributed by atoms with Gasteiger partial charge in [0.05, 0.1) is 4.88 Å². The number of hydrogen-bond donors (Lipinski definition) is 1. The molecule has 0 fully saturated rings. The van der Waals surface area contributed by atoms with E-state index in [4.69, 9.17) is 14.3 Å². The van der Waals surface area contributed by atoms with E-state index in [1.54, 1.807) is 17.4 Å². The average molecular weight is 375 g/mol. The van der Waals surface area contributed by atoms with Crippen molar-refractivity contribution in [3.05, 3.63) is 56.1 Å². The van der Waals surface area contributed by atoms with Crippen molar-refractivity contribution < 1.29 is 14.3 Å². The maximum atomic E-state index is 12.3. The summed E-state index contributed by atoms with van der Waals surface area (Å²) in [5, 5.41) is 13.7. The summed E-state index contributed by atoms with van der Waals surface area (Å²) in [6, 6.07) is 7.57. The van der Waals surface area contributed by atoms with Crippen molar-refractivity contribution in [1.29, 1.82) is 0 Å². The molecule has 128 valence electrons. The maximum absolute atomic E-state index is 12.3. The van der Waals surface area contributed by atoms with Crippen molar-refractivity contribution in [3.8, 4) is 10.7 Å². The SMILES string of the molecule is CC(=O)O.Cc1ccc(/C=c2\sc3nc(-c4cccs4)nn3c2=O)o1. The van der Waals surface area contributed by atoms with Crippen LogP contribution in [0.5, 0.6) is 0 Å². The van der Waals surface area contributed by atoms with Crippen LogP contribution < -0.4 is 10.1 Å². The molecule has 7 nitrogen and oxygen atoms in total. The van der Waals surface area contributed by atoms with Gasteiger partial charge in [0.25, 0.3) is 11.5 Å². The number of carbonyl (C=O) groups is 1. The Morgan fingerprint density at radius 1 is 1.36 bits per heavy atom. The van der Waals surface area contributed by atoms with E-state index in [0.29, 0.717) is 21.1 Å². The molecule has 0 saturated carbocycles. The van der Waals surface area contributed by atoms with Crippen LogP contribution in [0.1, 0.15) is 18.4 Å². The number of aliphatic carboxylic acids is 1. The number of hydrogen-bond acceptors (Lipinski definition) is 7. The Morgan fingerprint density at radius 2 is 2.12 bits per heavy atom. The van der Waals surface area contributed by atoms with Crippen molar-refractivity contribution in [1.82, 2.24) is 14.6 Å². The van der Waals surface area contributed by atoms with Crippen molar-refractivity contribution in [2.45, 2.75) is 13.8 Å². The highest BCUT2D eigenvalue weighted by Crippen LogP contribution is 2.21. The predicted octanol–water partition coefficient (Wildman–Crippen LogP) is 2.42. The lowest BCUT2D eigenvalue weighted by atomic mass is 10.4. The van der Waals surface area contributed by atoms with Gasteiger partial charge in [0, 0.05) is 13.0 Å². The maximum Gasteiger partial charge on any atom is 0.300 e. The Balaban J connectivity index is 0.000000415. The van der Waals surface area contributed by atoms with Crippen LogP contribution in [0.25, 0.3) is 21.7 Å². The van der Waals surface area contributed by atoms with Gasteiger partial charge in [-0.15, -0.1) is 16.4 Å². The number of nitrogens with zero attached hydrogens (tertiary/aromatic N) is 3. The summed E-state index contributed by atoms with van der Waals surface area (Å²) in [5.41, 5.74) is -0.167. The molecule has 0 bridgehead atoms. The van der Waals surface area contributed by atoms with Gasteiger partial charge in [0.2, 0.25) is 4.96 Å². The van der Waals surface area contributed by atoms with E-state index >= 15 is 0 Å². The van der Waals surface area contributed by atoms with Crippen LogP contribution in [0.15, 0.2) is 38.9 Å². The van der Waals surface area contributed by atoms with Crippen LogP contribution in [0.4, 0.5) is 0 Å². The van der Waals surface area contributed by atoms with E-state index in [2.05, 4.69) is 10.1 Å². The number of rotatable bonds is 2. The standard InChI is InChI=1S/C14H9N3O2S2.C2H4O2/c1-8-4-5-9(19-8)7-11-13(18)17-14(21-11)15-12(16-17)10-3-2-6-20-10;1-2(3)4/h2-7H,1H3;1H3,(H,3,4)/b11-7-;. The lowest BCUT2D eigenvalue weighted by Gasteiger charge is -1.84. The third-order valence-corrected chi connectivity index (χ3v) is 4.78. The van der Waals surface area contributed by atoms with Gasteiger partial charge in [-0.1, -0.05) is 17.4 Å². The van der Waals surface area contributed by atoms with E-state index in [0.717, 1.165) is 17.6 Å². The normalized spacial score (nSPS) is 11.5. The van der Waals surface area contributed by atoms with E-state index in [1.807, 2.05) is 36.6 Å². The molecule has 0 aliphatic carbocycles. The van der Waals surface area contributed by atoms with E-state index < -0.39 is 5.97 Å². The highest BCUT2D eigenvalue weighted by atomic mass is 32.1. The molecular weight excluding hydrogens is 362 g/mol. The number of aryl methyl sites for hydroxylation is 1. The fraction of sp³-hybridized carbons (Fsp3) is 0.125. The molecule has 4 aromatic rings. The van der Waals surface area contributed by atoms with Gasteiger partial charge in [-0.05, 0) is 30.5 Å². The quantitative estimate of drug-likeness (QED) is 0.578. The van der Waals surface area contributed by atoms with Gasteiger partial charge in [-0.3, -0.25) is 9.59 Å². The van der Waals surface area contributed by atoms with Crippen LogP contribution in [0, 0.1) is 6.92 Å². The first kappa shape index (κ1) is 17.1. The van der Waals surface area contributed by atoms with Crippen molar-refractivity contribution in [2.75, 3.05) is 0 Å². The fourth-order valence-electron chi connectivity index (χ4n) is 2.00. The zero-order valence-electron chi connectivity index (χ0n) is 13.3. The zero-order chi connectivity index (χ0) is 18.0. The molecule has 1 N–H and O–H groups in total. The lowest BCUT2D eigenvalue weighted by molar-refractivity contribution is -0.134. The molecule has 25 heavy (non-hydrogen) atoms. The van der Waals surface area contributed by atoms with E-state index in [9.17, 15) is 4.79 Å². The van der Waals surface area contributed by atoms with Crippen LogP contribution >= 0.6 is 22.7 Å². The number of thiazole rings is 1. The Labute approximate surface area is 149 Å². The molecule has 0 amide bonds. The topological polar surface area (TPSA) is 97.7 Å². The highest BCUT2D eigenvalue weighted by Gasteiger charge is 2.12. The molecule has 4 heterocycles. The second-order valence-electron chi connectivity index (χ2n) is 4.99. The minimum Gasteiger partial charge on any atom is -0.481 e. The lowest BCUT2D eigenvalue weighted by Crippen LogP contribution is -2.23. The molecule has 4 rings (SSSR count). The first-order chi connectivity index (χ1) is 11.9. The molecule has 0 aliphatic rings. The zero-order valence-corrected chi connectivity index (χ0v) is 14.9. The first-order valence-electron chi connectivity index (χ1n) is 7.15.